The van der Waals surface area contributed by atoms with Crippen LogP contribution >= 0.6 is 0 Å². The highest BCUT2D eigenvalue weighted by Gasteiger charge is 2.61. The van der Waals surface area contributed by atoms with Gasteiger partial charge in [-0.2, -0.15) is 0 Å². The molecule has 0 radical (unpaired) electrons. The Bertz CT molecular complexity index is 677. The summed E-state index contributed by atoms with van der Waals surface area (Å²) in [5, 5.41) is 10.1. The highest BCUT2D eigenvalue weighted by atomic mass is 16.5. The van der Waals surface area contributed by atoms with Gasteiger partial charge < -0.3 is 9.84 Å². The maximum atomic E-state index is 12.6. The molecule has 0 heterocycles. The van der Waals surface area contributed by atoms with Crippen molar-refractivity contribution in [1.82, 2.24) is 0 Å². The van der Waals surface area contributed by atoms with E-state index < -0.39 is 6.10 Å². The number of rotatable bonds is 1. The van der Waals surface area contributed by atoms with Crippen molar-refractivity contribution in [3.05, 3.63) is 23.8 Å². The fourth-order valence-electron chi connectivity index (χ4n) is 6.28. The van der Waals surface area contributed by atoms with Gasteiger partial charge >= 0.3 is 5.97 Å². The number of esters is 1. The Hall–Kier alpha value is -1.42. The molecule has 136 valence electrons. The zero-order valence-corrected chi connectivity index (χ0v) is 15.3. The van der Waals surface area contributed by atoms with E-state index in [0.717, 1.165) is 19.3 Å². The van der Waals surface area contributed by atoms with E-state index >= 15 is 0 Å². The summed E-state index contributed by atoms with van der Waals surface area (Å²) in [7, 11) is 0. The van der Waals surface area contributed by atoms with Crippen LogP contribution in [0.25, 0.3) is 0 Å². The van der Waals surface area contributed by atoms with Crippen LogP contribution in [0.5, 0.6) is 0 Å². The molecule has 4 rings (SSSR count). The van der Waals surface area contributed by atoms with Gasteiger partial charge in [0.1, 0.15) is 11.9 Å². The minimum atomic E-state index is -0.462. The maximum Gasteiger partial charge on any atom is 0.303 e. The second kappa shape index (κ2) is 5.54. The fraction of sp³-hybridized carbons (Fsp3) is 0.714. The Morgan fingerprint density at radius 2 is 2.04 bits per heavy atom. The van der Waals surface area contributed by atoms with Crippen LogP contribution in [0.4, 0.5) is 0 Å². The Kier molecular flexibility index (Phi) is 3.77. The van der Waals surface area contributed by atoms with Crippen molar-refractivity contribution in [2.24, 2.45) is 28.6 Å². The van der Waals surface area contributed by atoms with Crippen molar-refractivity contribution < 1.29 is 19.4 Å². The zero-order chi connectivity index (χ0) is 18.0. The third kappa shape index (κ3) is 2.37. The Morgan fingerprint density at radius 1 is 1.28 bits per heavy atom. The second-order valence-electron chi connectivity index (χ2n) is 8.89. The summed E-state index contributed by atoms with van der Waals surface area (Å²) in [6.45, 7) is 5.83. The molecule has 4 aliphatic rings. The number of ether oxygens (including phenoxy) is 1. The largest absolute Gasteiger partial charge is 0.458 e. The Balaban J connectivity index is 1.80. The zero-order valence-electron chi connectivity index (χ0n) is 15.3. The topological polar surface area (TPSA) is 63.6 Å². The van der Waals surface area contributed by atoms with E-state index in [0.29, 0.717) is 24.5 Å². The normalized spacial score (nSPS) is 48.2. The van der Waals surface area contributed by atoms with E-state index in [1.807, 2.05) is 6.08 Å². The molecule has 0 aliphatic heterocycles. The fourth-order valence-corrected chi connectivity index (χ4v) is 6.28. The number of carbonyl (C=O) groups excluding carboxylic acids is 2. The summed E-state index contributed by atoms with van der Waals surface area (Å²) in [5.74, 6) is 0.921. The number of ketones is 1. The molecule has 0 spiro atoms. The summed E-state index contributed by atoms with van der Waals surface area (Å²) in [5.41, 5.74) is 0.815. The number of allylic oxidation sites excluding steroid dienone is 1. The smallest absolute Gasteiger partial charge is 0.303 e. The first-order chi connectivity index (χ1) is 11.8. The molecule has 0 bridgehead atoms. The van der Waals surface area contributed by atoms with E-state index in [4.69, 9.17) is 4.74 Å². The number of hydrogen-bond donors (Lipinski definition) is 1. The molecule has 0 saturated heterocycles. The van der Waals surface area contributed by atoms with Gasteiger partial charge in [0.25, 0.3) is 0 Å². The van der Waals surface area contributed by atoms with E-state index in [1.165, 1.54) is 12.5 Å². The van der Waals surface area contributed by atoms with Crippen LogP contribution in [0.1, 0.15) is 52.9 Å². The van der Waals surface area contributed by atoms with Crippen molar-refractivity contribution in [3.8, 4) is 0 Å². The van der Waals surface area contributed by atoms with Crippen molar-refractivity contribution in [2.75, 3.05) is 0 Å². The first-order valence-corrected chi connectivity index (χ1v) is 9.55. The van der Waals surface area contributed by atoms with Crippen LogP contribution < -0.4 is 0 Å². The number of Topliss-reactive ketones (excluding diaryl/α,β-unsaturated/α-hetero) is 1. The molecule has 4 nitrogen and oxygen atoms in total. The molecular weight excluding hydrogens is 316 g/mol. The maximum absolute atomic E-state index is 12.6. The summed E-state index contributed by atoms with van der Waals surface area (Å²) < 4.78 is 5.75. The number of carbonyl (C=O) groups is 2. The predicted molar refractivity (Wildman–Crippen MR) is 93.6 cm³/mol. The number of fused-ring (bicyclic) bond motifs is 5. The first kappa shape index (κ1) is 17.0. The predicted octanol–water partition coefficient (Wildman–Crippen LogP) is 3.20. The average Bonchev–Trinajstić information content (AvgIpc) is 2.84. The van der Waals surface area contributed by atoms with Crippen LogP contribution in [0, 0.1) is 28.6 Å². The molecule has 0 aromatic rings. The van der Waals surface area contributed by atoms with Gasteiger partial charge in [-0.1, -0.05) is 31.6 Å². The summed E-state index contributed by atoms with van der Waals surface area (Å²) in [4.78, 5) is 24.3. The van der Waals surface area contributed by atoms with Gasteiger partial charge in [-0.25, -0.2) is 0 Å². The van der Waals surface area contributed by atoms with Crippen LogP contribution in [0.2, 0.25) is 0 Å². The van der Waals surface area contributed by atoms with Crippen molar-refractivity contribution >= 4 is 11.8 Å². The highest BCUT2D eigenvalue weighted by Crippen LogP contribution is 2.63. The molecule has 0 aromatic heterocycles. The molecule has 2 saturated carbocycles. The highest BCUT2D eigenvalue weighted by molar-refractivity contribution is 5.87. The van der Waals surface area contributed by atoms with Crippen molar-refractivity contribution in [1.29, 1.82) is 0 Å². The lowest BCUT2D eigenvalue weighted by atomic mass is 9.48. The van der Waals surface area contributed by atoms with E-state index in [2.05, 4.69) is 26.0 Å². The molecule has 4 aliphatic carbocycles. The molecule has 25 heavy (non-hydrogen) atoms. The minimum Gasteiger partial charge on any atom is -0.458 e. The molecule has 2 fully saturated rings. The van der Waals surface area contributed by atoms with Gasteiger partial charge in [-0.15, -0.1) is 0 Å². The van der Waals surface area contributed by atoms with Gasteiger partial charge in [0.05, 0.1) is 6.10 Å². The molecule has 2 unspecified atom stereocenters. The van der Waals surface area contributed by atoms with Gasteiger partial charge in [0.15, 0.2) is 0 Å². The lowest BCUT2D eigenvalue weighted by molar-refractivity contribution is -0.156. The first-order valence-electron chi connectivity index (χ1n) is 9.55. The second-order valence-corrected chi connectivity index (χ2v) is 8.89. The van der Waals surface area contributed by atoms with Crippen LogP contribution in [0.15, 0.2) is 23.8 Å². The lowest BCUT2D eigenvalue weighted by Crippen LogP contribution is -2.54. The van der Waals surface area contributed by atoms with Gasteiger partial charge in [0, 0.05) is 30.1 Å². The quantitative estimate of drug-likeness (QED) is 0.586. The van der Waals surface area contributed by atoms with E-state index in [-0.39, 0.29) is 34.7 Å². The summed E-state index contributed by atoms with van der Waals surface area (Å²) in [6.07, 6.45) is 9.47. The lowest BCUT2D eigenvalue weighted by Gasteiger charge is -2.56. The van der Waals surface area contributed by atoms with Crippen LogP contribution in [0.3, 0.4) is 0 Å². The van der Waals surface area contributed by atoms with Crippen LogP contribution in [-0.2, 0) is 14.3 Å². The number of aliphatic hydroxyl groups excluding tert-OH is 1. The average molecular weight is 344 g/mol. The molecule has 7 atom stereocenters. The standard InChI is InChI=1S/C21H28O4/c1-12(22)25-17-11-13-10-14(23)6-8-20(13,2)16-7-9-21(3)15(19(16)17)4-5-18(21)24/h6,8,11,14-17,19,23H,4-5,7,9-10H2,1-3H3/t14?,15-,16+,17?,19-,20-,21-/m0/s1. The minimum absolute atomic E-state index is 0.104. The third-order valence-corrected chi connectivity index (χ3v) is 7.64. The number of hydrogen-bond acceptors (Lipinski definition) is 4. The SMILES string of the molecule is CC(=O)OC1C=C2CC(O)C=C[C@]2(C)[C@@H]2CC[C@]3(C)C(=O)CC[C@H]3[C@H]12. The summed E-state index contributed by atoms with van der Waals surface area (Å²) in [6, 6.07) is 0. The summed E-state index contributed by atoms with van der Waals surface area (Å²) >= 11 is 0. The third-order valence-electron chi connectivity index (χ3n) is 7.64. The number of aliphatic hydroxyl groups is 1. The van der Waals surface area contributed by atoms with Crippen molar-refractivity contribution in [2.45, 2.75) is 65.1 Å². The van der Waals surface area contributed by atoms with E-state index in [1.54, 1.807) is 0 Å². The molecular formula is C21H28O4. The van der Waals surface area contributed by atoms with Gasteiger partial charge in [-0.3, -0.25) is 9.59 Å². The molecule has 0 amide bonds. The van der Waals surface area contributed by atoms with Crippen LogP contribution in [-0.4, -0.2) is 29.1 Å². The molecule has 4 heteroatoms. The monoisotopic (exact) mass is 344 g/mol. The van der Waals surface area contributed by atoms with Gasteiger partial charge in [-0.05, 0) is 43.6 Å². The Labute approximate surface area is 149 Å². The van der Waals surface area contributed by atoms with E-state index in [9.17, 15) is 14.7 Å². The molecule has 0 aromatic carbocycles. The van der Waals surface area contributed by atoms with Crippen molar-refractivity contribution in [3.63, 3.8) is 0 Å². The Morgan fingerprint density at radius 3 is 2.76 bits per heavy atom. The molecule has 1 N–H and O–H groups in total. The van der Waals surface area contributed by atoms with Gasteiger partial charge in [0.2, 0.25) is 0 Å².